The molecule has 0 fully saturated rings. The number of amides is 1. The van der Waals surface area contributed by atoms with Crippen molar-refractivity contribution >= 4 is 51.7 Å². The van der Waals surface area contributed by atoms with Crippen molar-refractivity contribution < 1.29 is 4.79 Å². The lowest BCUT2D eigenvalue weighted by atomic mass is 10.1. The van der Waals surface area contributed by atoms with Gasteiger partial charge < -0.3 is 0 Å². The molecule has 6 heteroatoms. The molecule has 0 spiro atoms. The second-order valence-corrected chi connectivity index (χ2v) is 7.10. The highest BCUT2D eigenvalue weighted by molar-refractivity contribution is 7.14. The minimum absolute atomic E-state index is 0.233. The van der Waals surface area contributed by atoms with Gasteiger partial charge in [0, 0.05) is 22.0 Å². The zero-order valence-corrected chi connectivity index (χ0v) is 15.6. The number of hydrogen-bond donors (Lipinski definition) is 1. The summed E-state index contributed by atoms with van der Waals surface area (Å²) in [4.78, 5) is 16.4. The van der Waals surface area contributed by atoms with E-state index in [0.29, 0.717) is 20.9 Å². The van der Waals surface area contributed by atoms with Crippen LogP contribution in [0.2, 0.25) is 10.0 Å². The molecule has 0 aliphatic rings. The highest BCUT2D eigenvalue weighted by atomic mass is 35.5. The molecule has 2 aromatic carbocycles. The van der Waals surface area contributed by atoms with Gasteiger partial charge in [-0.25, -0.2) is 4.98 Å². The van der Waals surface area contributed by atoms with Crippen molar-refractivity contribution in [2.75, 3.05) is 5.32 Å². The zero-order valence-electron chi connectivity index (χ0n) is 13.3. The minimum Gasteiger partial charge on any atom is -0.298 e. The Labute approximate surface area is 159 Å². The topological polar surface area (TPSA) is 42.0 Å². The summed E-state index contributed by atoms with van der Waals surface area (Å²) in [5.74, 6) is -0.233. The summed E-state index contributed by atoms with van der Waals surface area (Å²) in [5.41, 5.74) is 3.62. The molecule has 3 aromatic rings. The fourth-order valence-electron chi connectivity index (χ4n) is 2.15. The number of carbonyl (C=O) groups is 1. The van der Waals surface area contributed by atoms with E-state index in [1.54, 1.807) is 18.2 Å². The van der Waals surface area contributed by atoms with Gasteiger partial charge in [-0.1, -0.05) is 53.0 Å². The number of rotatable bonds is 4. The van der Waals surface area contributed by atoms with Crippen LogP contribution in [-0.2, 0) is 4.79 Å². The largest absolute Gasteiger partial charge is 0.298 e. The van der Waals surface area contributed by atoms with E-state index in [4.69, 9.17) is 23.2 Å². The van der Waals surface area contributed by atoms with Gasteiger partial charge in [0.1, 0.15) is 0 Å². The summed E-state index contributed by atoms with van der Waals surface area (Å²) in [6.45, 7) is 2.02. The fourth-order valence-corrected chi connectivity index (χ4v) is 3.37. The summed E-state index contributed by atoms with van der Waals surface area (Å²) in [6, 6.07) is 13.2. The van der Waals surface area contributed by atoms with E-state index in [1.807, 2.05) is 42.6 Å². The SMILES string of the molecule is Cc1ccc(C=CC(=O)Nc2nc(-c3ccc(Cl)cc3Cl)cs2)cc1. The number of anilines is 1. The summed E-state index contributed by atoms with van der Waals surface area (Å²) in [6.07, 6.45) is 3.25. The Kier molecular flexibility index (Phi) is 5.53. The third-order valence-corrected chi connectivity index (χ3v) is 4.75. The van der Waals surface area contributed by atoms with E-state index in [9.17, 15) is 4.79 Å². The maximum absolute atomic E-state index is 12.0. The van der Waals surface area contributed by atoms with Gasteiger partial charge >= 0.3 is 0 Å². The van der Waals surface area contributed by atoms with Gasteiger partial charge in [-0.05, 0) is 36.8 Å². The van der Waals surface area contributed by atoms with Crippen molar-refractivity contribution in [3.8, 4) is 11.3 Å². The number of thiazole rings is 1. The zero-order chi connectivity index (χ0) is 17.8. The van der Waals surface area contributed by atoms with E-state index < -0.39 is 0 Å². The van der Waals surface area contributed by atoms with Gasteiger partial charge in [0.15, 0.2) is 5.13 Å². The van der Waals surface area contributed by atoms with Crippen molar-refractivity contribution in [1.29, 1.82) is 0 Å². The molecule has 3 rings (SSSR count). The predicted molar refractivity (Wildman–Crippen MR) is 106 cm³/mol. The first kappa shape index (κ1) is 17.7. The standard InChI is InChI=1S/C19H14Cl2N2OS/c1-12-2-4-13(5-3-12)6-9-18(24)23-19-22-17(11-25-19)15-8-7-14(20)10-16(15)21/h2-11H,1H3,(H,22,23,24). The number of benzene rings is 2. The molecule has 0 saturated heterocycles. The lowest BCUT2D eigenvalue weighted by molar-refractivity contribution is -0.111. The Bertz CT molecular complexity index is 933. The molecule has 0 aliphatic carbocycles. The third-order valence-electron chi connectivity index (χ3n) is 3.45. The number of hydrogen-bond acceptors (Lipinski definition) is 3. The maximum atomic E-state index is 12.0. The molecule has 0 atom stereocenters. The Morgan fingerprint density at radius 1 is 1.16 bits per heavy atom. The average molecular weight is 389 g/mol. The van der Waals surface area contributed by atoms with Crippen LogP contribution in [0.3, 0.4) is 0 Å². The lowest BCUT2D eigenvalue weighted by Crippen LogP contribution is -2.07. The smallest absolute Gasteiger partial charge is 0.250 e. The number of carbonyl (C=O) groups excluding carboxylic acids is 1. The molecule has 0 saturated carbocycles. The Hall–Kier alpha value is -2.14. The van der Waals surface area contributed by atoms with Crippen LogP contribution in [0.5, 0.6) is 0 Å². The molecule has 0 aliphatic heterocycles. The summed E-state index contributed by atoms with van der Waals surface area (Å²) in [5, 5.41) is 6.20. The van der Waals surface area contributed by atoms with Crippen LogP contribution in [0, 0.1) is 6.92 Å². The highest BCUT2D eigenvalue weighted by Gasteiger charge is 2.10. The Morgan fingerprint density at radius 3 is 2.64 bits per heavy atom. The van der Waals surface area contributed by atoms with Gasteiger partial charge in [0.05, 0.1) is 10.7 Å². The van der Waals surface area contributed by atoms with Crippen LogP contribution in [0.25, 0.3) is 17.3 Å². The minimum atomic E-state index is -0.233. The third kappa shape index (κ3) is 4.69. The van der Waals surface area contributed by atoms with Crippen LogP contribution in [0.1, 0.15) is 11.1 Å². The van der Waals surface area contributed by atoms with E-state index in [-0.39, 0.29) is 5.91 Å². The van der Waals surface area contributed by atoms with Crippen LogP contribution >= 0.6 is 34.5 Å². The monoisotopic (exact) mass is 388 g/mol. The summed E-state index contributed by atoms with van der Waals surface area (Å²) in [7, 11) is 0. The van der Waals surface area contributed by atoms with Crippen LogP contribution in [-0.4, -0.2) is 10.9 Å². The molecule has 0 radical (unpaired) electrons. The first-order valence-corrected chi connectivity index (χ1v) is 9.11. The lowest BCUT2D eigenvalue weighted by Gasteiger charge is -2.01. The molecule has 0 unspecified atom stereocenters. The second kappa shape index (κ2) is 7.83. The van der Waals surface area contributed by atoms with E-state index in [0.717, 1.165) is 11.1 Å². The van der Waals surface area contributed by atoms with Crippen LogP contribution < -0.4 is 5.32 Å². The number of aromatic nitrogens is 1. The van der Waals surface area contributed by atoms with Crippen molar-refractivity contribution in [2.24, 2.45) is 0 Å². The van der Waals surface area contributed by atoms with E-state index in [2.05, 4.69) is 10.3 Å². The molecular weight excluding hydrogens is 375 g/mol. The Balaban J connectivity index is 1.68. The van der Waals surface area contributed by atoms with Crippen LogP contribution in [0.4, 0.5) is 5.13 Å². The molecule has 1 amide bonds. The summed E-state index contributed by atoms with van der Waals surface area (Å²) >= 11 is 13.4. The van der Waals surface area contributed by atoms with Gasteiger partial charge in [0.2, 0.25) is 5.91 Å². The fraction of sp³-hybridized carbons (Fsp3) is 0.0526. The van der Waals surface area contributed by atoms with Gasteiger partial charge in [-0.2, -0.15) is 0 Å². The van der Waals surface area contributed by atoms with Crippen molar-refractivity contribution in [1.82, 2.24) is 4.98 Å². The predicted octanol–water partition coefficient (Wildman–Crippen LogP) is 6.08. The van der Waals surface area contributed by atoms with Gasteiger partial charge in [0.25, 0.3) is 0 Å². The molecular formula is C19H14Cl2N2OS. The molecule has 25 heavy (non-hydrogen) atoms. The average Bonchev–Trinajstić information content (AvgIpc) is 3.02. The first-order chi connectivity index (χ1) is 12.0. The van der Waals surface area contributed by atoms with E-state index in [1.165, 1.54) is 23.0 Å². The van der Waals surface area contributed by atoms with Crippen molar-refractivity contribution in [3.05, 3.63) is 75.1 Å². The molecule has 126 valence electrons. The molecule has 1 aromatic heterocycles. The highest BCUT2D eigenvalue weighted by Crippen LogP contribution is 2.32. The number of aryl methyl sites for hydroxylation is 1. The van der Waals surface area contributed by atoms with Crippen LogP contribution in [0.15, 0.2) is 53.9 Å². The maximum Gasteiger partial charge on any atom is 0.250 e. The quantitative estimate of drug-likeness (QED) is 0.550. The van der Waals surface area contributed by atoms with E-state index >= 15 is 0 Å². The number of nitrogens with one attached hydrogen (secondary N) is 1. The first-order valence-electron chi connectivity index (χ1n) is 7.48. The molecule has 1 N–H and O–H groups in total. The number of nitrogens with zero attached hydrogens (tertiary/aromatic N) is 1. The van der Waals surface area contributed by atoms with Crippen molar-refractivity contribution in [2.45, 2.75) is 6.92 Å². The molecule has 0 bridgehead atoms. The molecule has 1 heterocycles. The molecule has 3 nitrogen and oxygen atoms in total. The van der Waals surface area contributed by atoms with Crippen molar-refractivity contribution in [3.63, 3.8) is 0 Å². The van der Waals surface area contributed by atoms with Gasteiger partial charge in [-0.15, -0.1) is 11.3 Å². The normalized spacial score (nSPS) is 11.0. The van der Waals surface area contributed by atoms with Gasteiger partial charge in [-0.3, -0.25) is 10.1 Å². The Morgan fingerprint density at radius 2 is 1.92 bits per heavy atom. The summed E-state index contributed by atoms with van der Waals surface area (Å²) < 4.78 is 0. The second-order valence-electron chi connectivity index (χ2n) is 5.40. The number of halogens is 2.